The van der Waals surface area contributed by atoms with E-state index in [-0.39, 0.29) is 24.8 Å². The molecule has 0 saturated carbocycles. The van der Waals surface area contributed by atoms with Crippen LogP contribution in [0, 0.1) is 12.7 Å². The fourth-order valence-corrected chi connectivity index (χ4v) is 6.18. The van der Waals surface area contributed by atoms with Crippen LogP contribution in [0.3, 0.4) is 0 Å². The minimum atomic E-state index is -0.307. The minimum Gasteiger partial charge on any atom is -0.467 e. The highest BCUT2D eigenvalue weighted by Crippen LogP contribution is 2.46. The van der Waals surface area contributed by atoms with Gasteiger partial charge in [-0.1, -0.05) is 25.1 Å². The summed E-state index contributed by atoms with van der Waals surface area (Å²) in [5, 5.41) is 4.97. The summed E-state index contributed by atoms with van der Waals surface area (Å²) in [7, 11) is 0. The number of ether oxygens (including phenoxy) is 3. The minimum absolute atomic E-state index is 0.0102. The van der Waals surface area contributed by atoms with Gasteiger partial charge in [-0.2, -0.15) is 0 Å². The van der Waals surface area contributed by atoms with Crippen LogP contribution in [-0.2, 0) is 29.3 Å². The van der Waals surface area contributed by atoms with Gasteiger partial charge in [0, 0.05) is 34.1 Å². The molecule has 0 spiro atoms. The van der Waals surface area contributed by atoms with E-state index in [0.717, 1.165) is 23.1 Å². The maximum atomic E-state index is 14.3. The first-order valence-corrected chi connectivity index (χ1v) is 12.9. The molecule has 6 heteroatoms. The fourth-order valence-electron chi connectivity index (χ4n) is 6.18. The van der Waals surface area contributed by atoms with Gasteiger partial charge >= 0.3 is 0 Å². The lowest BCUT2D eigenvalue weighted by Crippen LogP contribution is -2.37. The second kappa shape index (κ2) is 9.19. The molecule has 0 bridgehead atoms. The number of benzene rings is 3. The third-order valence-electron chi connectivity index (χ3n) is 7.58. The van der Waals surface area contributed by atoms with E-state index in [4.69, 9.17) is 14.2 Å². The van der Waals surface area contributed by atoms with Crippen molar-refractivity contribution in [3.8, 4) is 16.9 Å². The van der Waals surface area contributed by atoms with Crippen LogP contribution in [0.2, 0.25) is 0 Å². The van der Waals surface area contributed by atoms with Gasteiger partial charge in [-0.25, -0.2) is 4.39 Å². The van der Waals surface area contributed by atoms with Crippen molar-refractivity contribution in [2.45, 2.75) is 65.4 Å². The molecule has 6 rings (SSSR count). The van der Waals surface area contributed by atoms with Crippen molar-refractivity contribution in [1.82, 2.24) is 4.98 Å². The van der Waals surface area contributed by atoms with Gasteiger partial charge in [-0.05, 0) is 85.0 Å². The van der Waals surface area contributed by atoms with E-state index in [1.807, 2.05) is 6.20 Å². The molecule has 3 aromatic carbocycles. The largest absolute Gasteiger partial charge is 0.467 e. The number of H-pyrrole nitrogens is 1. The Morgan fingerprint density at radius 1 is 1.11 bits per heavy atom. The Balaban J connectivity index is 1.43. The Hall–Kier alpha value is -3.35. The summed E-state index contributed by atoms with van der Waals surface area (Å²) < 4.78 is 31.7. The third-order valence-corrected chi connectivity index (χ3v) is 7.58. The van der Waals surface area contributed by atoms with Crippen molar-refractivity contribution in [2.24, 2.45) is 0 Å². The number of hydrogen-bond acceptors (Lipinski definition) is 4. The molecular formula is C31H33FN2O3. The molecule has 2 aliphatic rings. The molecule has 5 nitrogen and oxygen atoms in total. The van der Waals surface area contributed by atoms with E-state index >= 15 is 0 Å². The summed E-state index contributed by atoms with van der Waals surface area (Å²) in [4.78, 5) is 3.43. The Labute approximate surface area is 216 Å². The van der Waals surface area contributed by atoms with E-state index in [1.54, 1.807) is 0 Å². The van der Waals surface area contributed by atoms with Crippen LogP contribution in [0.1, 0.15) is 60.9 Å². The smallest absolute Gasteiger partial charge is 0.189 e. The summed E-state index contributed by atoms with van der Waals surface area (Å²) in [5.41, 5.74) is 9.80. The van der Waals surface area contributed by atoms with E-state index in [0.29, 0.717) is 30.4 Å². The molecule has 1 aromatic heterocycles. The van der Waals surface area contributed by atoms with Crippen molar-refractivity contribution >= 4 is 16.6 Å². The van der Waals surface area contributed by atoms with E-state index in [9.17, 15) is 4.39 Å². The number of hydrogen-bond donors (Lipinski definition) is 2. The van der Waals surface area contributed by atoms with Gasteiger partial charge in [0.1, 0.15) is 11.6 Å². The summed E-state index contributed by atoms with van der Waals surface area (Å²) in [6.45, 7) is 10.2. The summed E-state index contributed by atoms with van der Waals surface area (Å²) in [5.74, 6) is 0.721. The molecule has 0 aliphatic carbocycles. The number of nitrogens with one attached hydrogen (secondary N) is 2. The predicted octanol–water partition coefficient (Wildman–Crippen LogP) is 7.56. The lowest BCUT2D eigenvalue weighted by Gasteiger charge is -2.40. The lowest BCUT2D eigenvalue weighted by atomic mass is 9.77. The summed E-state index contributed by atoms with van der Waals surface area (Å²) >= 11 is 0. The van der Waals surface area contributed by atoms with Crippen LogP contribution in [0.4, 0.5) is 10.1 Å². The van der Waals surface area contributed by atoms with Crippen LogP contribution >= 0.6 is 0 Å². The van der Waals surface area contributed by atoms with E-state index < -0.39 is 0 Å². The van der Waals surface area contributed by atoms with Gasteiger partial charge in [0.2, 0.25) is 0 Å². The monoisotopic (exact) mass is 500 g/mol. The van der Waals surface area contributed by atoms with Crippen LogP contribution in [0.25, 0.3) is 22.0 Å². The maximum absolute atomic E-state index is 14.3. The van der Waals surface area contributed by atoms with Crippen molar-refractivity contribution in [3.63, 3.8) is 0 Å². The highest BCUT2D eigenvalue weighted by molar-refractivity contribution is 5.96. The number of fused-ring (bicyclic) bond motifs is 3. The Morgan fingerprint density at radius 3 is 2.84 bits per heavy atom. The van der Waals surface area contributed by atoms with Gasteiger partial charge in [0.05, 0.1) is 25.3 Å². The lowest BCUT2D eigenvalue weighted by molar-refractivity contribution is -0.0188. The average Bonchev–Trinajstić information content (AvgIpc) is 3.34. The molecule has 1 atom stereocenters. The Kier molecular flexibility index (Phi) is 5.97. The van der Waals surface area contributed by atoms with Crippen LogP contribution in [0.15, 0.2) is 48.7 Å². The molecule has 2 aliphatic heterocycles. The highest BCUT2D eigenvalue weighted by Gasteiger charge is 2.33. The van der Waals surface area contributed by atoms with Crippen LogP contribution in [-0.4, -0.2) is 17.3 Å². The topological polar surface area (TPSA) is 55.5 Å². The predicted molar refractivity (Wildman–Crippen MR) is 144 cm³/mol. The number of aryl methyl sites for hydroxylation is 1. The van der Waals surface area contributed by atoms with Gasteiger partial charge in [0.15, 0.2) is 6.79 Å². The van der Waals surface area contributed by atoms with Gasteiger partial charge < -0.3 is 24.5 Å². The highest BCUT2D eigenvalue weighted by atomic mass is 19.1. The normalized spacial score (nSPS) is 18.1. The van der Waals surface area contributed by atoms with E-state index in [1.165, 1.54) is 45.5 Å². The number of aromatic nitrogens is 1. The molecule has 2 N–H and O–H groups in total. The first kappa shape index (κ1) is 24.0. The van der Waals surface area contributed by atoms with Gasteiger partial charge in [0.25, 0.3) is 0 Å². The molecule has 0 saturated heterocycles. The van der Waals surface area contributed by atoms with Crippen LogP contribution < -0.4 is 10.1 Å². The number of para-hydroxylation sites is 1. The Bertz CT molecular complexity index is 1490. The summed E-state index contributed by atoms with van der Waals surface area (Å²) in [6.07, 6.45) is 3.01. The molecule has 0 radical (unpaired) electrons. The van der Waals surface area contributed by atoms with Gasteiger partial charge in [-0.15, -0.1) is 0 Å². The average molecular weight is 501 g/mol. The third kappa shape index (κ3) is 4.38. The number of aromatic amines is 1. The second-order valence-electron chi connectivity index (χ2n) is 11.0. The maximum Gasteiger partial charge on any atom is 0.189 e. The van der Waals surface area contributed by atoms with Crippen LogP contribution in [0.5, 0.6) is 5.75 Å². The number of anilines is 1. The van der Waals surface area contributed by atoms with Crippen molar-refractivity contribution in [1.29, 1.82) is 0 Å². The first-order valence-electron chi connectivity index (χ1n) is 12.9. The number of rotatable bonds is 5. The standard InChI is InChI=1S/C31H33FN2O3/c1-18-10-25(24-7-5-6-20-8-9-33-29(20)24)26(27-19(2)13-31(3,4)34-28(18)27)16-35-14-21-11-23(32)12-22-15-36-17-37-30(21)22/h5-12,19,33-34H,13-17H2,1-4H3. The molecule has 192 valence electrons. The molecule has 3 heterocycles. The summed E-state index contributed by atoms with van der Waals surface area (Å²) in [6, 6.07) is 13.8. The SMILES string of the molecule is Cc1cc(-c2cccc3cc[nH]c23)c(COCc2cc(F)cc3c2OCOC3)c2c1NC(C)(C)CC2C. The fraction of sp³-hybridized carbons (Fsp3) is 0.355. The second-order valence-corrected chi connectivity index (χ2v) is 11.0. The zero-order valence-electron chi connectivity index (χ0n) is 21.8. The molecule has 4 aromatic rings. The molecule has 0 fully saturated rings. The zero-order valence-corrected chi connectivity index (χ0v) is 21.8. The quantitative estimate of drug-likeness (QED) is 0.297. The molecule has 37 heavy (non-hydrogen) atoms. The van der Waals surface area contributed by atoms with Crippen molar-refractivity contribution in [2.75, 3.05) is 12.1 Å². The Morgan fingerprint density at radius 2 is 1.97 bits per heavy atom. The molecule has 0 amide bonds. The molecular weight excluding hydrogens is 467 g/mol. The first-order chi connectivity index (χ1) is 17.8. The van der Waals surface area contributed by atoms with Gasteiger partial charge in [-0.3, -0.25) is 0 Å². The van der Waals surface area contributed by atoms with E-state index in [2.05, 4.69) is 68.3 Å². The number of halogens is 1. The molecule has 1 unspecified atom stereocenters. The van der Waals surface area contributed by atoms with Crippen molar-refractivity contribution in [3.05, 3.63) is 82.3 Å². The zero-order chi connectivity index (χ0) is 25.7. The van der Waals surface area contributed by atoms with Crippen molar-refractivity contribution < 1.29 is 18.6 Å².